The minimum absolute atomic E-state index is 0.0688. The molecule has 0 unspecified atom stereocenters. The monoisotopic (exact) mass is 712 g/mol. The lowest BCUT2D eigenvalue weighted by atomic mass is 9.33. The van der Waals surface area contributed by atoms with Crippen LogP contribution in [0.5, 0.6) is 0 Å². The predicted molar refractivity (Wildman–Crippen MR) is 236 cm³/mol. The van der Waals surface area contributed by atoms with Gasteiger partial charge in [-0.3, -0.25) is 0 Å². The molecule has 0 saturated heterocycles. The third-order valence-corrected chi connectivity index (χ3v) is 12.4. The highest BCUT2D eigenvalue weighted by Crippen LogP contribution is 2.47. The van der Waals surface area contributed by atoms with Crippen molar-refractivity contribution in [1.29, 1.82) is 0 Å². The summed E-state index contributed by atoms with van der Waals surface area (Å²) in [5.41, 5.74) is 17.4. The first-order chi connectivity index (χ1) is 26.4. The Labute approximate surface area is 328 Å². The van der Waals surface area contributed by atoms with Crippen LogP contribution >= 0.6 is 0 Å². The molecule has 2 nitrogen and oxygen atoms in total. The Kier molecular flexibility index (Phi) is 8.20. The van der Waals surface area contributed by atoms with Crippen molar-refractivity contribution in [2.45, 2.75) is 64.7 Å². The Balaban J connectivity index is 1.36. The standard InChI is InChI=1S/C52H49BN2/c1-50(2,3)40-34-47-49-48(35-40)55(42-27-19-24-38(32-42)51(4,5)36-20-11-8-12-21-36)46-33-39(52(6,7)37-22-13-9-14-23-37)30-31-44(46)53(49)43-28-17-18-29-45(43)54(47)41-25-15-10-16-26-41/h8-35H,1-7H3. The fourth-order valence-corrected chi connectivity index (χ4v) is 8.98. The molecule has 0 N–H and O–H groups in total. The molecular weight excluding hydrogens is 663 g/mol. The first-order valence-electron chi connectivity index (χ1n) is 19.7. The third kappa shape index (κ3) is 5.71. The van der Waals surface area contributed by atoms with Gasteiger partial charge in [0.25, 0.3) is 6.71 Å². The van der Waals surface area contributed by atoms with E-state index in [-0.39, 0.29) is 23.0 Å². The smallest absolute Gasteiger partial charge is 0.252 e. The minimum Gasteiger partial charge on any atom is -0.311 e. The van der Waals surface area contributed by atoms with E-state index in [1.165, 1.54) is 78.3 Å². The molecule has 0 amide bonds. The molecule has 0 fully saturated rings. The molecule has 0 spiro atoms. The molecule has 0 aromatic heterocycles. The van der Waals surface area contributed by atoms with Crippen LogP contribution in [0.15, 0.2) is 170 Å². The molecule has 0 bridgehead atoms. The summed E-state index contributed by atoms with van der Waals surface area (Å²) in [6, 6.07) is 63.4. The van der Waals surface area contributed by atoms with Crippen LogP contribution in [-0.2, 0) is 16.2 Å². The number of benzene rings is 7. The lowest BCUT2D eigenvalue weighted by Crippen LogP contribution is -2.61. The van der Waals surface area contributed by atoms with Crippen LogP contribution in [0.3, 0.4) is 0 Å². The van der Waals surface area contributed by atoms with Crippen molar-refractivity contribution in [2.75, 3.05) is 9.80 Å². The van der Waals surface area contributed by atoms with E-state index in [1.54, 1.807) is 0 Å². The molecule has 7 aromatic rings. The van der Waals surface area contributed by atoms with Gasteiger partial charge in [-0.1, -0.05) is 170 Å². The van der Waals surface area contributed by atoms with Crippen molar-refractivity contribution in [1.82, 2.24) is 0 Å². The zero-order valence-corrected chi connectivity index (χ0v) is 33.1. The largest absolute Gasteiger partial charge is 0.311 e. The maximum atomic E-state index is 2.59. The average Bonchev–Trinajstić information content (AvgIpc) is 3.21. The molecular formula is C52H49BN2. The fourth-order valence-electron chi connectivity index (χ4n) is 8.98. The SMILES string of the molecule is CC(C)(C)c1cc2c3c(c1)N(c1cccc(C(C)(C)c4ccccc4)c1)c1cc(C(C)(C)c4ccccc4)ccc1B3c1ccccc1N2c1ccccc1. The average molecular weight is 713 g/mol. The van der Waals surface area contributed by atoms with Crippen molar-refractivity contribution in [3.63, 3.8) is 0 Å². The molecule has 270 valence electrons. The second-order valence-electron chi connectivity index (χ2n) is 17.5. The van der Waals surface area contributed by atoms with Gasteiger partial charge in [0.15, 0.2) is 0 Å². The van der Waals surface area contributed by atoms with Crippen LogP contribution in [0.25, 0.3) is 0 Å². The summed E-state index contributed by atoms with van der Waals surface area (Å²) in [7, 11) is 0. The first kappa shape index (κ1) is 34.9. The van der Waals surface area contributed by atoms with Crippen molar-refractivity contribution in [3.8, 4) is 0 Å². The number of rotatable bonds is 6. The van der Waals surface area contributed by atoms with E-state index in [0.29, 0.717) is 0 Å². The molecule has 0 radical (unpaired) electrons. The number of hydrogen-bond donors (Lipinski definition) is 0. The van der Waals surface area contributed by atoms with Crippen molar-refractivity contribution in [3.05, 3.63) is 198 Å². The zero-order valence-electron chi connectivity index (χ0n) is 33.1. The summed E-state index contributed by atoms with van der Waals surface area (Å²) >= 11 is 0. The molecule has 0 saturated carbocycles. The maximum absolute atomic E-state index is 2.59. The van der Waals surface area contributed by atoms with E-state index in [0.717, 1.165) is 0 Å². The van der Waals surface area contributed by atoms with Gasteiger partial charge in [-0.15, -0.1) is 0 Å². The molecule has 55 heavy (non-hydrogen) atoms. The van der Waals surface area contributed by atoms with Crippen molar-refractivity contribution in [2.24, 2.45) is 0 Å². The van der Waals surface area contributed by atoms with Crippen LogP contribution in [0.2, 0.25) is 0 Å². The molecule has 2 heterocycles. The number of fused-ring (bicyclic) bond motifs is 4. The fraction of sp³-hybridized carbons (Fsp3) is 0.192. The third-order valence-electron chi connectivity index (χ3n) is 12.4. The maximum Gasteiger partial charge on any atom is 0.252 e. The summed E-state index contributed by atoms with van der Waals surface area (Å²) in [6.45, 7) is 16.5. The number of para-hydroxylation sites is 2. The van der Waals surface area contributed by atoms with E-state index in [9.17, 15) is 0 Å². The quantitative estimate of drug-likeness (QED) is 0.158. The Morgan fingerprint density at radius 3 is 1.40 bits per heavy atom. The highest BCUT2D eigenvalue weighted by atomic mass is 15.2. The number of nitrogens with zero attached hydrogens (tertiary/aromatic N) is 2. The van der Waals surface area contributed by atoms with Crippen LogP contribution in [0, 0.1) is 0 Å². The number of hydrogen-bond acceptors (Lipinski definition) is 2. The first-order valence-corrected chi connectivity index (χ1v) is 19.7. The summed E-state index contributed by atoms with van der Waals surface area (Å²) < 4.78 is 0. The van der Waals surface area contributed by atoms with E-state index in [1.807, 2.05) is 0 Å². The van der Waals surface area contributed by atoms with Gasteiger partial charge < -0.3 is 9.80 Å². The van der Waals surface area contributed by atoms with Gasteiger partial charge in [0, 0.05) is 45.0 Å². The van der Waals surface area contributed by atoms with E-state index in [2.05, 4.69) is 228 Å². The van der Waals surface area contributed by atoms with Crippen LogP contribution in [0.1, 0.15) is 76.3 Å². The molecule has 2 aliphatic heterocycles. The minimum atomic E-state index is -0.202. The Bertz CT molecular complexity index is 2530. The lowest BCUT2D eigenvalue weighted by molar-refractivity contribution is 0.590. The summed E-state index contributed by atoms with van der Waals surface area (Å²) in [5, 5.41) is 0. The van der Waals surface area contributed by atoms with Crippen LogP contribution in [0.4, 0.5) is 34.1 Å². The summed E-state index contributed by atoms with van der Waals surface area (Å²) in [4.78, 5) is 5.09. The van der Waals surface area contributed by atoms with Gasteiger partial charge in [-0.2, -0.15) is 0 Å². The van der Waals surface area contributed by atoms with E-state index < -0.39 is 0 Å². The van der Waals surface area contributed by atoms with Gasteiger partial charge in [-0.25, -0.2) is 0 Å². The second-order valence-corrected chi connectivity index (χ2v) is 17.5. The van der Waals surface area contributed by atoms with E-state index in [4.69, 9.17) is 0 Å². The Morgan fingerprint density at radius 1 is 0.345 bits per heavy atom. The summed E-state index contributed by atoms with van der Waals surface area (Å²) in [5.74, 6) is 0. The zero-order chi connectivity index (χ0) is 38.1. The van der Waals surface area contributed by atoms with Crippen LogP contribution in [-0.4, -0.2) is 6.71 Å². The van der Waals surface area contributed by atoms with Crippen molar-refractivity contribution >= 4 is 57.2 Å². The lowest BCUT2D eigenvalue weighted by Gasteiger charge is -2.45. The Hall–Kier alpha value is -5.80. The number of anilines is 6. The van der Waals surface area contributed by atoms with Crippen molar-refractivity contribution < 1.29 is 0 Å². The van der Waals surface area contributed by atoms with Gasteiger partial charge in [-0.05, 0) is 98.2 Å². The molecule has 0 aliphatic carbocycles. The predicted octanol–water partition coefficient (Wildman–Crippen LogP) is 11.7. The van der Waals surface area contributed by atoms with Gasteiger partial charge in [0.1, 0.15) is 0 Å². The second kappa shape index (κ2) is 12.9. The molecule has 2 aliphatic rings. The topological polar surface area (TPSA) is 6.48 Å². The Morgan fingerprint density at radius 2 is 0.800 bits per heavy atom. The highest BCUT2D eigenvalue weighted by molar-refractivity contribution is 7.00. The molecule has 7 aromatic carbocycles. The molecule has 0 atom stereocenters. The van der Waals surface area contributed by atoms with Gasteiger partial charge >= 0.3 is 0 Å². The molecule has 9 rings (SSSR count). The van der Waals surface area contributed by atoms with E-state index >= 15 is 0 Å². The normalized spacial score (nSPS) is 13.6. The van der Waals surface area contributed by atoms with Gasteiger partial charge in [0.05, 0.1) is 0 Å². The van der Waals surface area contributed by atoms with Crippen LogP contribution < -0.4 is 26.2 Å². The van der Waals surface area contributed by atoms with Gasteiger partial charge in [0.2, 0.25) is 0 Å². The molecule has 3 heteroatoms. The summed E-state index contributed by atoms with van der Waals surface area (Å²) in [6.07, 6.45) is 0. The highest BCUT2D eigenvalue weighted by Gasteiger charge is 2.44.